The smallest absolute Gasteiger partial charge is 0.303 e. The molecule has 0 aromatic rings. The fourth-order valence-electron chi connectivity index (χ4n) is 2.18. The Morgan fingerprint density at radius 1 is 0.792 bits per heavy atom. The number of hydrogen-bond acceptors (Lipinski definition) is 9. The van der Waals surface area contributed by atoms with Gasteiger partial charge >= 0.3 is 23.9 Å². The Morgan fingerprint density at radius 2 is 1.25 bits per heavy atom. The number of ether oxygens (including phenoxy) is 5. The number of hydrogen-bond donors (Lipinski definition) is 0. The Morgan fingerprint density at radius 3 is 1.71 bits per heavy atom. The highest BCUT2D eigenvalue weighted by Crippen LogP contribution is 2.31. The van der Waals surface area contributed by atoms with Crippen LogP contribution in [0.5, 0.6) is 0 Å². The summed E-state index contributed by atoms with van der Waals surface area (Å²) in [7, 11) is 0. The van der Waals surface area contributed by atoms with Crippen molar-refractivity contribution in [1.82, 2.24) is 0 Å². The quantitative estimate of drug-likeness (QED) is 0.362. The number of rotatable bonds is 5. The van der Waals surface area contributed by atoms with Crippen molar-refractivity contribution in [2.45, 2.75) is 57.1 Å². The second kappa shape index (κ2) is 8.97. The minimum Gasteiger partial charge on any atom is -0.463 e. The maximum atomic E-state index is 11.4. The van der Waals surface area contributed by atoms with Crippen LogP contribution in [0.3, 0.4) is 0 Å². The van der Waals surface area contributed by atoms with E-state index in [1.807, 2.05) is 0 Å². The van der Waals surface area contributed by atoms with Gasteiger partial charge in [-0.1, -0.05) is 15.9 Å². The molecule has 1 saturated heterocycles. The number of carbonyl (C=O) groups is 4. The third kappa shape index (κ3) is 6.08. The molecule has 0 saturated carbocycles. The Balaban J connectivity index is 3.11. The highest BCUT2D eigenvalue weighted by molar-refractivity contribution is 9.09. The zero-order chi connectivity index (χ0) is 18.4. The van der Waals surface area contributed by atoms with Crippen LogP contribution in [0.4, 0.5) is 0 Å². The third-order valence-corrected chi connectivity index (χ3v) is 3.67. The summed E-state index contributed by atoms with van der Waals surface area (Å²) in [4.78, 5) is 45.1. The van der Waals surface area contributed by atoms with Crippen molar-refractivity contribution < 1.29 is 42.9 Å². The van der Waals surface area contributed by atoms with Crippen LogP contribution in [0.15, 0.2) is 0 Å². The monoisotopic (exact) mass is 410 g/mol. The SMILES string of the molecule is CC(=O)OCC1O[C@H](Br)C(OC(C)=O)C(OC(C)=O)[C@@H]1OC(C)=O. The molecule has 9 nitrogen and oxygen atoms in total. The molecule has 136 valence electrons. The molecule has 1 rings (SSSR count). The van der Waals surface area contributed by atoms with Gasteiger partial charge in [-0.25, -0.2) is 0 Å². The highest BCUT2D eigenvalue weighted by atomic mass is 79.9. The molecule has 0 N–H and O–H groups in total. The van der Waals surface area contributed by atoms with Gasteiger partial charge in [0.25, 0.3) is 0 Å². The largest absolute Gasteiger partial charge is 0.463 e. The summed E-state index contributed by atoms with van der Waals surface area (Å²) in [5, 5.41) is -0.863. The molecule has 5 atom stereocenters. The first-order valence-corrected chi connectivity index (χ1v) is 7.98. The van der Waals surface area contributed by atoms with Gasteiger partial charge in [0.1, 0.15) is 12.7 Å². The van der Waals surface area contributed by atoms with E-state index in [4.69, 9.17) is 23.7 Å². The van der Waals surface area contributed by atoms with E-state index in [0.29, 0.717) is 0 Å². The molecule has 0 amide bonds. The van der Waals surface area contributed by atoms with E-state index < -0.39 is 53.3 Å². The topological polar surface area (TPSA) is 114 Å². The Bertz CT molecular complexity index is 506. The lowest BCUT2D eigenvalue weighted by atomic mass is 9.99. The molecular formula is C14H19BrO9. The summed E-state index contributed by atoms with van der Waals surface area (Å²) in [5.74, 6) is -2.52. The molecule has 1 aliphatic rings. The van der Waals surface area contributed by atoms with Gasteiger partial charge in [-0.2, -0.15) is 0 Å². The Labute approximate surface area is 147 Å². The van der Waals surface area contributed by atoms with Crippen LogP contribution >= 0.6 is 15.9 Å². The summed E-state index contributed by atoms with van der Waals surface area (Å²) in [6.45, 7) is 4.47. The molecule has 1 aliphatic heterocycles. The second-order valence-electron chi connectivity index (χ2n) is 5.05. The van der Waals surface area contributed by atoms with Crippen LogP contribution in [0.1, 0.15) is 27.7 Å². The van der Waals surface area contributed by atoms with E-state index >= 15 is 0 Å². The number of alkyl halides is 1. The van der Waals surface area contributed by atoms with E-state index in [1.54, 1.807) is 0 Å². The molecule has 24 heavy (non-hydrogen) atoms. The van der Waals surface area contributed by atoms with Crippen molar-refractivity contribution >= 4 is 39.8 Å². The molecule has 10 heteroatoms. The predicted molar refractivity (Wildman–Crippen MR) is 80.9 cm³/mol. The molecular weight excluding hydrogens is 392 g/mol. The van der Waals surface area contributed by atoms with Gasteiger partial charge in [-0.05, 0) is 0 Å². The third-order valence-electron chi connectivity index (χ3n) is 2.93. The van der Waals surface area contributed by atoms with Gasteiger partial charge in [0.15, 0.2) is 23.3 Å². The molecule has 0 spiro atoms. The average molecular weight is 411 g/mol. The second-order valence-corrected chi connectivity index (χ2v) is 5.95. The molecule has 1 fully saturated rings. The minimum atomic E-state index is -1.13. The lowest BCUT2D eigenvalue weighted by Crippen LogP contribution is -2.60. The summed E-state index contributed by atoms with van der Waals surface area (Å²) < 4.78 is 25.9. The average Bonchev–Trinajstić information content (AvgIpc) is 2.42. The summed E-state index contributed by atoms with van der Waals surface area (Å²) >= 11 is 3.18. The van der Waals surface area contributed by atoms with Gasteiger partial charge in [0.05, 0.1) is 0 Å². The van der Waals surface area contributed by atoms with Crippen molar-refractivity contribution in [1.29, 1.82) is 0 Å². The Hall–Kier alpha value is -1.68. The van der Waals surface area contributed by atoms with E-state index in [2.05, 4.69) is 15.9 Å². The first-order valence-electron chi connectivity index (χ1n) is 7.06. The van der Waals surface area contributed by atoms with Gasteiger partial charge in [0, 0.05) is 27.7 Å². The van der Waals surface area contributed by atoms with Crippen molar-refractivity contribution in [3.05, 3.63) is 0 Å². The van der Waals surface area contributed by atoms with Crippen LogP contribution in [-0.4, -0.2) is 59.9 Å². The normalized spacial score (nSPS) is 29.3. The van der Waals surface area contributed by atoms with Gasteiger partial charge < -0.3 is 23.7 Å². The maximum absolute atomic E-state index is 11.4. The fourth-order valence-corrected chi connectivity index (χ4v) is 2.86. The van der Waals surface area contributed by atoms with E-state index in [-0.39, 0.29) is 6.61 Å². The minimum absolute atomic E-state index is 0.236. The molecule has 0 aromatic heterocycles. The van der Waals surface area contributed by atoms with Crippen LogP contribution < -0.4 is 0 Å². The van der Waals surface area contributed by atoms with Gasteiger partial charge in [-0.15, -0.1) is 0 Å². The fraction of sp³-hybridized carbons (Fsp3) is 0.714. The van der Waals surface area contributed by atoms with Gasteiger partial charge in [-0.3, -0.25) is 19.2 Å². The lowest BCUT2D eigenvalue weighted by Gasteiger charge is -2.42. The van der Waals surface area contributed by atoms with Crippen molar-refractivity contribution in [2.24, 2.45) is 0 Å². The van der Waals surface area contributed by atoms with Crippen molar-refractivity contribution in [2.75, 3.05) is 6.61 Å². The van der Waals surface area contributed by atoms with Crippen LogP contribution in [0.25, 0.3) is 0 Å². The number of carbonyl (C=O) groups excluding carboxylic acids is 4. The molecule has 0 bridgehead atoms. The predicted octanol–water partition coefficient (Wildman–Crippen LogP) is 0.464. The zero-order valence-electron chi connectivity index (χ0n) is 13.6. The van der Waals surface area contributed by atoms with E-state index in [0.717, 1.165) is 13.8 Å². The van der Waals surface area contributed by atoms with Crippen molar-refractivity contribution in [3.8, 4) is 0 Å². The molecule has 3 unspecified atom stereocenters. The summed E-state index contributed by atoms with van der Waals surface area (Å²) in [5.41, 5.74) is 0. The lowest BCUT2D eigenvalue weighted by molar-refractivity contribution is -0.236. The van der Waals surface area contributed by atoms with Crippen LogP contribution in [0.2, 0.25) is 0 Å². The first kappa shape index (κ1) is 20.4. The van der Waals surface area contributed by atoms with Gasteiger partial charge in [0.2, 0.25) is 0 Å². The van der Waals surface area contributed by atoms with Crippen LogP contribution in [0, 0.1) is 0 Å². The number of esters is 4. The standard InChI is InChI=1S/C14H19BrO9/c1-6(16)20-5-10-11(21-7(2)17)12(22-8(3)18)13(14(15)24-10)23-9(4)19/h10-14H,5H2,1-4H3/t10?,11-,12?,13?,14+/m1/s1. The molecule has 0 aromatic carbocycles. The maximum Gasteiger partial charge on any atom is 0.303 e. The van der Waals surface area contributed by atoms with E-state index in [9.17, 15) is 19.2 Å². The Kier molecular flexibility index (Phi) is 7.61. The van der Waals surface area contributed by atoms with Crippen molar-refractivity contribution in [3.63, 3.8) is 0 Å². The summed E-state index contributed by atoms with van der Waals surface area (Å²) in [6, 6.07) is 0. The molecule has 0 aliphatic carbocycles. The first-order chi connectivity index (χ1) is 11.1. The number of halogens is 1. The highest BCUT2D eigenvalue weighted by Gasteiger charge is 2.51. The zero-order valence-corrected chi connectivity index (χ0v) is 15.2. The molecule has 1 heterocycles. The summed E-state index contributed by atoms with van der Waals surface area (Å²) in [6.07, 6.45) is -4.22. The van der Waals surface area contributed by atoms with Crippen LogP contribution in [-0.2, 0) is 42.9 Å². The molecule has 0 radical (unpaired) electrons. The van der Waals surface area contributed by atoms with E-state index in [1.165, 1.54) is 13.8 Å².